The zero-order chi connectivity index (χ0) is 12.8. The average Bonchev–Trinajstić information content (AvgIpc) is 2.34. The summed E-state index contributed by atoms with van der Waals surface area (Å²) in [5.74, 6) is -0.265. The molecule has 1 aromatic rings. The number of amides is 1. The van der Waals surface area contributed by atoms with Crippen LogP contribution < -0.4 is 5.32 Å². The van der Waals surface area contributed by atoms with E-state index in [1.165, 1.54) is 0 Å². The molecule has 0 fully saturated rings. The molecule has 0 aliphatic heterocycles. The molecule has 0 aromatic heterocycles. The van der Waals surface area contributed by atoms with Gasteiger partial charge < -0.3 is 5.32 Å². The van der Waals surface area contributed by atoms with Gasteiger partial charge >= 0.3 is 0 Å². The lowest BCUT2D eigenvalue weighted by Gasteiger charge is -2.10. The number of Topliss-reactive ketones (excluding diaryl/α,β-unsaturated/α-hetero) is 1. The average molecular weight is 233 g/mol. The second-order valence-corrected chi connectivity index (χ2v) is 4.32. The van der Waals surface area contributed by atoms with E-state index in [2.05, 4.69) is 5.32 Å². The zero-order valence-electron chi connectivity index (χ0n) is 10.6. The molecule has 0 saturated carbocycles. The fourth-order valence-electron chi connectivity index (χ4n) is 1.54. The normalized spacial score (nSPS) is 10.4. The minimum atomic E-state index is -0.170. The van der Waals surface area contributed by atoms with Gasteiger partial charge in [0.2, 0.25) is 0 Å². The molecule has 1 N–H and O–H groups in total. The van der Waals surface area contributed by atoms with Crippen molar-refractivity contribution in [1.82, 2.24) is 5.32 Å². The van der Waals surface area contributed by atoms with E-state index < -0.39 is 0 Å². The van der Waals surface area contributed by atoms with Crippen molar-refractivity contribution in [3.05, 3.63) is 35.4 Å². The summed E-state index contributed by atoms with van der Waals surface area (Å²) in [6, 6.07) is 6.97. The second-order valence-electron chi connectivity index (χ2n) is 4.32. The second kappa shape index (κ2) is 6.18. The molecule has 0 aliphatic carbocycles. The molecule has 1 amide bonds. The summed E-state index contributed by atoms with van der Waals surface area (Å²) in [5, 5.41) is 2.79. The maximum Gasteiger partial charge on any atom is 0.252 e. The molecule has 0 saturated heterocycles. The van der Waals surface area contributed by atoms with Crippen LogP contribution in [-0.2, 0) is 0 Å². The number of hydrogen-bond acceptors (Lipinski definition) is 2. The molecule has 0 unspecified atom stereocenters. The van der Waals surface area contributed by atoms with Gasteiger partial charge in [0, 0.05) is 18.0 Å². The van der Waals surface area contributed by atoms with Crippen LogP contribution in [0.5, 0.6) is 0 Å². The van der Waals surface area contributed by atoms with Gasteiger partial charge in [0.1, 0.15) is 0 Å². The molecule has 92 valence electrons. The Morgan fingerprint density at radius 3 is 2.29 bits per heavy atom. The minimum absolute atomic E-state index is 0.00671. The molecule has 0 atom stereocenters. The molecular weight excluding hydrogens is 214 g/mol. The Bertz CT molecular complexity index is 410. The summed E-state index contributed by atoms with van der Waals surface area (Å²) >= 11 is 0. The van der Waals surface area contributed by atoms with Crippen molar-refractivity contribution in [2.45, 2.75) is 27.2 Å². The summed E-state index contributed by atoms with van der Waals surface area (Å²) in [5.41, 5.74) is 0.982. The SMILES string of the molecule is CCCNC(=O)c1ccccc1C(=O)C(C)C. The van der Waals surface area contributed by atoms with Crippen LogP contribution in [0.1, 0.15) is 47.9 Å². The van der Waals surface area contributed by atoms with Crippen molar-refractivity contribution in [1.29, 1.82) is 0 Å². The number of ketones is 1. The lowest BCUT2D eigenvalue weighted by molar-refractivity contribution is 0.0912. The van der Waals surface area contributed by atoms with Gasteiger partial charge in [-0.25, -0.2) is 0 Å². The quantitative estimate of drug-likeness (QED) is 0.795. The fraction of sp³-hybridized carbons (Fsp3) is 0.429. The van der Waals surface area contributed by atoms with Crippen LogP contribution in [0.25, 0.3) is 0 Å². The molecule has 0 radical (unpaired) electrons. The predicted octanol–water partition coefficient (Wildman–Crippen LogP) is 2.67. The molecule has 0 bridgehead atoms. The van der Waals surface area contributed by atoms with Gasteiger partial charge in [-0.2, -0.15) is 0 Å². The van der Waals surface area contributed by atoms with Gasteiger partial charge in [-0.3, -0.25) is 9.59 Å². The van der Waals surface area contributed by atoms with Crippen molar-refractivity contribution < 1.29 is 9.59 Å². The number of nitrogens with one attached hydrogen (secondary N) is 1. The van der Waals surface area contributed by atoms with E-state index in [1.54, 1.807) is 24.3 Å². The van der Waals surface area contributed by atoms with Crippen molar-refractivity contribution in [2.75, 3.05) is 6.54 Å². The minimum Gasteiger partial charge on any atom is -0.352 e. The number of carbonyl (C=O) groups is 2. The highest BCUT2D eigenvalue weighted by Crippen LogP contribution is 2.14. The topological polar surface area (TPSA) is 46.2 Å². The van der Waals surface area contributed by atoms with Crippen molar-refractivity contribution in [2.24, 2.45) is 5.92 Å². The molecular formula is C14H19NO2. The van der Waals surface area contributed by atoms with E-state index in [0.29, 0.717) is 17.7 Å². The van der Waals surface area contributed by atoms with Crippen LogP contribution in [-0.4, -0.2) is 18.2 Å². The summed E-state index contributed by atoms with van der Waals surface area (Å²) in [7, 11) is 0. The maximum absolute atomic E-state index is 12.0. The summed E-state index contributed by atoms with van der Waals surface area (Å²) in [4.78, 5) is 23.9. The number of rotatable bonds is 5. The van der Waals surface area contributed by atoms with Gasteiger partial charge in [-0.1, -0.05) is 39.0 Å². The fourth-order valence-corrected chi connectivity index (χ4v) is 1.54. The van der Waals surface area contributed by atoms with E-state index in [4.69, 9.17) is 0 Å². The van der Waals surface area contributed by atoms with Crippen LogP contribution in [0.4, 0.5) is 0 Å². The Kier molecular flexibility index (Phi) is 4.88. The molecule has 17 heavy (non-hydrogen) atoms. The monoisotopic (exact) mass is 233 g/mol. The van der Waals surface area contributed by atoms with Crippen molar-refractivity contribution in [3.8, 4) is 0 Å². The first-order chi connectivity index (χ1) is 8.07. The smallest absolute Gasteiger partial charge is 0.252 e. The highest BCUT2D eigenvalue weighted by Gasteiger charge is 2.18. The van der Waals surface area contributed by atoms with Crippen LogP contribution in [0.3, 0.4) is 0 Å². The van der Waals surface area contributed by atoms with Gasteiger partial charge in [-0.05, 0) is 12.5 Å². The largest absolute Gasteiger partial charge is 0.352 e. The summed E-state index contributed by atoms with van der Waals surface area (Å²) in [6.07, 6.45) is 0.881. The molecule has 3 heteroatoms. The van der Waals surface area contributed by atoms with Crippen LogP contribution in [0.2, 0.25) is 0 Å². The lowest BCUT2D eigenvalue weighted by Crippen LogP contribution is -2.26. The third kappa shape index (κ3) is 3.41. The molecule has 0 aliphatic rings. The van der Waals surface area contributed by atoms with Crippen LogP contribution in [0, 0.1) is 5.92 Å². The van der Waals surface area contributed by atoms with Crippen LogP contribution >= 0.6 is 0 Å². The van der Waals surface area contributed by atoms with Gasteiger partial charge in [0.15, 0.2) is 5.78 Å². The van der Waals surface area contributed by atoms with E-state index in [0.717, 1.165) is 6.42 Å². The number of benzene rings is 1. The molecule has 3 nitrogen and oxygen atoms in total. The standard InChI is InChI=1S/C14H19NO2/c1-4-9-15-14(17)12-8-6-5-7-11(12)13(16)10(2)3/h5-8,10H,4,9H2,1-3H3,(H,15,17). The Hall–Kier alpha value is -1.64. The van der Waals surface area contributed by atoms with Gasteiger partial charge in [0.05, 0.1) is 5.56 Å². The van der Waals surface area contributed by atoms with Gasteiger partial charge in [-0.15, -0.1) is 0 Å². The molecule has 1 rings (SSSR count). The number of hydrogen-bond donors (Lipinski definition) is 1. The van der Waals surface area contributed by atoms with Crippen LogP contribution in [0.15, 0.2) is 24.3 Å². The first kappa shape index (κ1) is 13.4. The van der Waals surface area contributed by atoms with E-state index in [1.807, 2.05) is 20.8 Å². The Balaban J connectivity index is 2.99. The van der Waals surface area contributed by atoms with E-state index in [9.17, 15) is 9.59 Å². The molecule has 0 heterocycles. The third-order valence-electron chi connectivity index (χ3n) is 2.50. The van der Waals surface area contributed by atoms with E-state index >= 15 is 0 Å². The molecule has 1 aromatic carbocycles. The van der Waals surface area contributed by atoms with Crippen molar-refractivity contribution >= 4 is 11.7 Å². The number of carbonyl (C=O) groups excluding carboxylic acids is 2. The predicted molar refractivity (Wildman–Crippen MR) is 68.2 cm³/mol. The first-order valence-corrected chi connectivity index (χ1v) is 5.99. The molecule has 0 spiro atoms. The highest BCUT2D eigenvalue weighted by atomic mass is 16.2. The van der Waals surface area contributed by atoms with Crippen molar-refractivity contribution in [3.63, 3.8) is 0 Å². The Labute approximate surface area is 102 Å². The lowest BCUT2D eigenvalue weighted by atomic mass is 9.96. The highest BCUT2D eigenvalue weighted by molar-refractivity contribution is 6.08. The summed E-state index contributed by atoms with van der Waals surface area (Å²) in [6.45, 7) is 6.29. The third-order valence-corrected chi connectivity index (χ3v) is 2.50. The first-order valence-electron chi connectivity index (χ1n) is 5.99. The zero-order valence-corrected chi connectivity index (χ0v) is 10.6. The van der Waals surface area contributed by atoms with Gasteiger partial charge in [0.25, 0.3) is 5.91 Å². The summed E-state index contributed by atoms with van der Waals surface area (Å²) < 4.78 is 0. The Morgan fingerprint density at radius 1 is 1.18 bits per heavy atom. The maximum atomic E-state index is 12.0. The Morgan fingerprint density at radius 2 is 1.76 bits per heavy atom. The van der Waals surface area contributed by atoms with E-state index in [-0.39, 0.29) is 17.6 Å².